The lowest BCUT2D eigenvalue weighted by Crippen LogP contribution is -2.66. The number of amides is 2. The number of benzene rings is 2. The molecule has 7 heteroatoms. The molecule has 0 radical (unpaired) electrons. The molecule has 7 nitrogen and oxygen atoms in total. The van der Waals surface area contributed by atoms with E-state index < -0.39 is 24.0 Å². The van der Waals surface area contributed by atoms with Crippen molar-refractivity contribution < 1.29 is 19.1 Å². The zero-order chi connectivity index (χ0) is 20.0. The van der Waals surface area contributed by atoms with Gasteiger partial charge in [0.25, 0.3) is 5.91 Å². The molecule has 3 aromatic rings. The molecule has 2 atom stereocenters. The lowest BCUT2D eigenvalue weighted by Gasteiger charge is -2.40. The largest absolute Gasteiger partial charge is 0.459 e. The third-order valence-electron chi connectivity index (χ3n) is 5.58. The van der Waals surface area contributed by atoms with Crippen LogP contribution in [0.25, 0.3) is 10.9 Å². The van der Waals surface area contributed by atoms with E-state index >= 15 is 0 Å². The number of rotatable bonds is 3. The number of fused-ring (bicyclic) bond motifs is 4. The average molecular weight is 389 g/mol. The Balaban J connectivity index is 1.36. The van der Waals surface area contributed by atoms with Gasteiger partial charge in [0, 0.05) is 23.0 Å². The Morgan fingerprint density at radius 3 is 2.66 bits per heavy atom. The number of aromatic amines is 1. The van der Waals surface area contributed by atoms with E-state index in [4.69, 9.17) is 4.74 Å². The van der Waals surface area contributed by atoms with Crippen molar-refractivity contribution in [2.75, 3.05) is 0 Å². The average Bonchev–Trinajstić information content (AvgIpc) is 3.12. The number of nitrogens with zero attached hydrogens (tertiary/aromatic N) is 1. The lowest BCUT2D eigenvalue weighted by atomic mass is 9.93. The van der Waals surface area contributed by atoms with E-state index in [9.17, 15) is 14.4 Å². The summed E-state index contributed by atoms with van der Waals surface area (Å²) in [6.07, 6.45) is 0.419. The number of hydrogen-bond donors (Lipinski definition) is 2. The first-order valence-corrected chi connectivity index (χ1v) is 9.51. The normalized spacial score (nSPS) is 20.8. The minimum absolute atomic E-state index is 0.0505. The molecule has 5 rings (SSSR count). The fourth-order valence-corrected chi connectivity index (χ4v) is 4.11. The second kappa shape index (κ2) is 6.77. The minimum atomic E-state index is -1.31. The van der Waals surface area contributed by atoms with Crippen molar-refractivity contribution in [3.05, 3.63) is 71.4 Å². The van der Waals surface area contributed by atoms with Crippen molar-refractivity contribution in [3.63, 3.8) is 0 Å². The number of H-pyrrole nitrogens is 1. The van der Waals surface area contributed by atoms with Gasteiger partial charge < -0.3 is 19.9 Å². The highest BCUT2D eigenvalue weighted by atomic mass is 16.5. The van der Waals surface area contributed by atoms with Gasteiger partial charge >= 0.3 is 5.97 Å². The second-order valence-corrected chi connectivity index (χ2v) is 7.35. The third kappa shape index (κ3) is 2.95. The molecule has 146 valence electrons. The highest BCUT2D eigenvalue weighted by Crippen LogP contribution is 2.32. The molecule has 0 saturated carbocycles. The van der Waals surface area contributed by atoms with Crippen LogP contribution >= 0.6 is 0 Å². The SMILES string of the molecule is O=C(OCc1ccccc1)[C@H]1NC(=O)[C@@H]2Cc3c([nH]c4ccccc34)CN2C1=O. The topological polar surface area (TPSA) is 91.5 Å². The first kappa shape index (κ1) is 17.5. The smallest absolute Gasteiger partial charge is 0.338 e. The van der Waals surface area contributed by atoms with Gasteiger partial charge in [-0.25, -0.2) is 4.79 Å². The van der Waals surface area contributed by atoms with Crippen LogP contribution in [-0.2, 0) is 38.7 Å². The predicted octanol–water partition coefficient (Wildman–Crippen LogP) is 1.66. The Labute approximate surface area is 166 Å². The maximum Gasteiger partial charge on any atom is 0.338 e. The molecule has 1 saturated heterocycles. The Hall–Kier alpha value is -3.61. The molecule has 2 aromatic carbocycles. The van der Waals surface area contributed by atoms with Crippen LogP contribution < -0.4 is 5.32 Å². The summed E-state index contributed by atoms with van der Waals surface area (Å²) in [6, 6.07) is 15.1. The van der Waals surface area contributed by atoms with E-state index in [0.717, 1.165) is 27.7 Å². The molecule has 0 aliphatic carbocycles. The van der Waals surface area contributed by atoms with E-state index in [1.54, 1.807) is 0 Å². The van der Waals surface area contributed by atoms with Gasteiger partial charge in [0.05, 0.1) is 6.54 Å². The van der Waals surface area contributed by atoms with Crippen LogP contribution in [0.3, 0.4) is 0 Å². The number of hydrogen-bond acceptors (Lipinski definition) is 4. The van der Waals surface area contributed by atoms with Crippen LogP contribution in [0.2, 0.25) is 0 Å². The number of carbonyl (C=O) groups excluding carboxylic acids is 3. The molecule has 0 unspecified atom stereocenters. The van der Waals surface area contributed by atoms with Crippen molar-refractivity contribution in [3.8, 4) is 0 Å². The number of aromatic nitrogens is 1. The Morgan fingerprint density at radius 2 is 1.83 bits per heavy atom. The summed E-state index contributed by atoms with van der Waals surface area (Å²) in [5.74, 6) is -1.51. The van der Waals surface area contributed by atoms with Gasteiger partial charge in [0.15, 0.2) is 0 Å². The molecular formula is C22H19N3O4. The van der Waals surface area contributed by atoms with Gasteiger partial charge in [-0.2, -0.15) is 0 Å². The summed E-state index contributed by atoms with van der Waals surface area (Å²) in [4.78, 5) is 43.0. The maximum atomic E-state index is 13.0. The van der Waals surface area contributed by atoms with Crippen molar-refractivity contribution in [1.82, 2.24) is 15.2 Å². The van der Waals surface area contributed by atoms with Crippen LogP contribution in [0.15, 0.2) is 54.6 Å². The van der Waals surface area contributed by atoms with Crippen molar-refractivity contribution in [1.29, 1.82) is 0 Å². The molecule has 2 aliphatic heterocycles. The number of esters is 1. The van der Waals surface area contributed by atoms with E-state index in [1.165, 1.54) is 4.90 Å². The Morgan fingerprint density at radius 1 is 1.07 bits per heavy atom. The van der Waals surface area contributed by atoms with E-state index in [1.807, 2.05) is 54.6 Å². The fraction of sp³-hybridized carbons (Fsp3) is 0.227. The summed E-state index contributed by atoms with van der Waals surface area (Å²) >= 11 is 0. The van der Waals surface area contributed by atoms with Crippen LogP contribution in [0.4, 0.5) is 0 Å². The molecule has 3 heterocycles. The van der Waals surface area contributed by atoms with Gasteiger partial charge in [-0.15, -0.1) is 0 Å². The number of piperazine rings is 1. The Kier molecular flexibility index (Phi) is 4.08. The van der Waals surface area contributed by atoms with Crippen LogP contribution in [0.5, 0.6) is 0 Å². The Bertz CT molecular complexity index is 1120. The molecule has 0 spiro atoms. The highest BCUT2D eigenvalue weighted by Gasteiger charge is 2.47. The minimum Gasteiger partial charge on any atom is -0.459 e. The number of nitrogens with one attached hydrogen (secondary N) is 2. The molecule has 29 heavy (non-hydrogen) atoms. The lowest BCUT2D eigenvalue weighted by molar-refractivity contribution is -0.162. The monoisotopic (exact) mass is 389 g/mol. The first-order chi connectivity index (χ1) is 14.1. The molecule has 2 N–H and O–H groups in total. The van der Waals surface area contributed by atoms with Gasteiger partial charge in [0.1, 0.15) is 12.6 Å². The quantitative estimate of drug-likeness (QED) is 0.527. The van der Waals surface area contributed by atoms with E-state index in [-0.39, 0.29) is 19.1 Å². The van der Waals surface area contributed by atoms with Crippen molar-refractivity contribution in [2.24, 2.45) is 0 Å². The van der Waals surface area contributed by atoms with Gasteiger partial charge in [-0.3, -0.25) is 9.59 Å². The molecule has 0 bridgehead atoms. The van der Waals surface area contributed by atoms with E-state index in [2.05, 4.69) is 10.3 Å². The van der Waals surface area contributed by atoms with E-state index in [0.29, 0.717) is 6.42 Å². The fourth-order valence-electron chi connectivity index (χ4n) is 4.11. The molecule has 1 aromatic heterocycles. The highest BCUT2D eigenvalue weighted by molar-refractivity contribution is 6.09. The number of ether oxygens (including phenoxy) is 1. The third-order valence-corrected chi connectivity index (χ3v) is 5.58. The van der Waals surface area contributed by atoms with Crippen molar-refractivity contribution in [2.45, 2.75) is 31.7 Å². The number of para-hydroxylation sites is 1. The molecule has 2 aliphatic rings. The molecule has 2 amide bonds. The summed E-state index contributed by atoms with van der Waals surface area (Å²) in [5.41, 5.74) is 3.75. The van der Waals surface area contributed by atoms with Crippen LogP contribution in [0, 0.1) is 0 Å². The molecule has 1 fully saturated rings. The maximum absolute atomic E-state index is 13.0. The van der Waals surface area contributed by atoms with Gasteiger partial charge in [-0.1, -0.05) is 48.5 Å². The summed E-state index contributed by atoms with van der Waals surface area (Å²) in [5, 5.41) is 3.62. The summed E-state index contributed by atoms with van der Waals surface area (Å²) in [6.45, 7) is 0.318. The zero-order valence-corrected chi connectivity index (χ0v) is 15.6. The standard InChI is InChI=1S/C22H19N3O4/c26-20-18-10-15-14-8-4-5-9-16(14)23-17(15)11-25(18)21(27)19(24-20)22(28)29-12-13-6-2-1-3-7-13/h1-9,18-19,23H,10-12H2,(H,24,26)/t18-,19-/m0/s1. The summed E-state index contributed by atoms with van der Waals surface area (Å²) < 4.78 is 5.27. The number of carbonyl (C=O) groups is 3. The summed E-state index contributed by atoms with van der Waals surface area (Å²) in [7, 11) is 0. The van der Waals surface area contributed by atoms with Gasteiger partial charge in [-0.05, 0) is 17.2 Å². The van der Waals surface area contributed by atoms with Gasteiger partial charge in [0.2, 0.25) is 11.9 Å². The second-order valence-electron chi connectivity index (χ2n) is 7.35. The van der Waals surface area contributed by atoms with Crippen molar-refractivity contribution >= 4 is 28.7 Å². The van der Waals surface area contributed by atoms with Crippen LogP contribution in [-0.4, -0.2) is 39.8 Å². The first-order valence-electron chi connectivity index (χ1n) is 9.51. The van der Waals surface area contributed by atoms with Crippen LogP contribution in [0.1, 0.15) is 16.8 Å². The zero-order valence-electron chi connectivity index (χ0n) is 15.6. The molecular weight excluding hydrogens is 370 g/mol. The predicted molar refractivity (Wildman–Crippen MR) is 105 cm³/mol.